The van der Waals surface area contributed by atoms with Gasteiger partial charge in [0.15, 0.2) is 0 Å². The van der Waals surface area contributed by atoms with Crippen LogP contribution in [-0.2, 0) is 0 Å². The second-order valence-corrected chi connectivity index (χ2v) is 7.12. The van der Waals surface area contributed by atoms with Crippen LogP contribution in [0.25, 0.3) is 0 Å². The molecule has 0 unspecified atom stereocenters. The SMILES string of the molecule is CCN1CCN(c2ccc(NC(=O)c3ccc(C)s3)cc2)CC1. The highest BCUT2D eigenvalue weighted by atomic mass is 32.1. The third kappa shape index (κ3) is 3.92. The molecular weight excluding hydrogens is 306 g/mol. The lowest BCUT2D eigenvalue weighted by Gasteiger charge is -2.35. The lowest BCUT2D eigenvalue weighted by molar-refractivity contribution is 0.103. The van der Waals surface area contributed by atoms with Gasteiger partial charge in [-0.05, 0) is 49.9 Å². The number of benzene rings is 1. The first-order valence-electron chi connectivity index (χ1n) is 8.11. The topological polar surface area (TPSA) is 35.6 Å². The molecule has 1 aromatic carbocycles. The van der Waals surface area contributed by atoms with Gasteiger partial charge in [0.05, 0.1) is 4.88 Å². The fourth-order valence-corrected chi connectivity index (χ4v) is 3.59. The molecular formula is C18H23N3OS. The molecule has 2 aromatic rings. The van der Waals surface area contributed by atoms with E-state index in [1.54, 1.807) is 0 Å². The van der Waals surface area contributed by atoms with Crippen LogP contribution in [0.15, 0.2) is 36.4 Å². The predicted octanol–water partition coefficient (Wildman–Crippen LogP) is 3.45. The molecule has 5 heteroatoms. The summed E-state index contributed by atoms with van der Waals surface area (Å²) in [5, 5.41) is 2.96. The van der Waals surface area contributed by atoms with E-state index in [0.29, 0.717) is 0 Å². The number of likely N-dealkylation sites (N-methyl/N-ethyl adjacent to an activating group) is 1. The number of hydrogen-bond donors (Lipinski definition) is 1. The number of nitrogens with one attached hydrogen (secondary N) is 1. The maximum atomic E-state index is 12.2. The number of hydrogen-bond acceptors (Lipinski definition) is 4. The molecule has 0 aliphatic carbocycles. The quantitative estimate of drug-likeness (QED) is 0.933. The van der Waals surface area contributed by atoms with E-state index in [2.05, 4.69) is 34.2 Å². The molecule has 122 valence electrons. The van der Waals surface area contributed by atoms with Crippen LogP contribution in [0, 0.1) is 6.92 Å². The fraction of sp³-hybridized carbons (Fsp3) is 0.389. The van der Waals surface area contributed by atoms with Crippen LogP contribution in [0.1, 0.15) is 21.5 Å². The van der Waals surface area contributed by atoms with Crippen LogP contribution in [0.3, 0.4) is 0 Å². The van der Waals surface area contributed by atoms with Gasteiger partial charge in [0, 0.05) is 42.4 Å². The van der Waals surface area contributed by atoms with Gasteiger partial charge in [-0.2, -0.15) is 0 Å². The van der Waals surface area contributed by atoms with Crippen molar-refractivity contribution < 1.29 is 4.79 Å². The maximum Gasteiger partial charge on any atom is 0.265 e. The molecule has 1 amide bonds. The molecule has 0 bridgehead atoms. The minimum absolute atomic E-state index is 0.0348. The standard InChI is InChI=1S/C18H23N3OS/c1-3-20-10-12-21(13-11-20)16-7-5-15(6-8-16)19-18(22)17-9-4-14(2)23-17/h4-9H,3,10-13H2,1-2H3,(H,19,22). The van der Waals surface area contributed by atoms with E-state index >= 15 is 0 Å². The second-order valence-electron chi connectivity index (χ2n) is 5.83. The number of carbonyl (C=O) groups is 1. The molecule has 23 heavy (non-hydrogen) atoms. The highest BCUT2D eigenvalue weighted by Gasteiger charge is 2.16. The Hall–Kier alpha value is -1.85. The smallest absolute Gasteiger partial charge is 0.265 e. The number of carbonyl (C=O) groups excluding carboxylic acids is 1. The number of rotatable bonds is 4. The van der Waals surface area contributed by atoms with Crippen LogP contribution in [-0.4, -0.2) is 43.5 Å². The number of thiophene rings is 1. The molecule has 4 nitrogen and oxygen atoms in total. The van der Waals surface area contributed by atoms with Gasteiger partial charge >= 0.3 is 0 Å². The summed E-state index contributed by atoms with van der Waals surface area (Å²) >= 11 is 1.52. The molecule has 0 spiro atoms. The zero-order valence-corrected chi connectivity index (χ0v) is 14.5. The molecule has 1 aromatic heterocycles. The minimum Gasteiger partial charge on any atom is -0.369 e. The highest BCUT2D eigenvalue weighted by molar-refractivity contribution is 7.14. The van der Waals surface area contributed by atoms with Crippen molar-refractivity contribution in [1.29, 1.82) is 0 Å². The fourth-order valence-electron chi connectivity index (χ4n) is 2.83. The molecule has 1 N–H and O–H groups in total. The largest absolute Gasteiger partial charge is 0.369 e. The average molecular weight is 329 g/mol. The van der Waals surface area contributed by atoms with Crippen LogP contribution >= 0.6 is 11.3 Å². The number of piperazine rings is 1. The van der Waals surface area contributed by atoms with Gasteiger partial charge in [-0.25, -0.2) is 0 Å². The van der Waals surface area contributed by atoms with Crippen molar-refractivity contribution in [2.24, 2.45) is 0 Å². The summed E-state index contributed by atoms with van der Waals surface area (Å²) in [5.41, 5.74) is 2.07. The molecule has 2 heterocycles. The molecule has 1 aliphatic heterocycles. The van der Waals surface area contributed by atoms with Gasteiger partial charge in [0.2, 0.25) is 0 Å². The summed E-state index contributed by atoms with van der Waals surface area (Å²) in [6.45, 7) is 9.71. The first-order valence-corrected chi connectivity index (χ1v) is 8.92. The van der Waals surface area contributed by atoms with Gasteiger partial charge in [0.25, 0.3) is 5.91 Å². The van der Waals surface area contributed by atoms with Gasteiger partial charge in [0.1, 0.15) is 0 Å². The summed E-state index contributed by atoms with van der Waals surface area (Å²) in [5.74, 6) is -0.0348. The number of nitrogens with zero attached hydrogens (tertiary/aromatic N) is 2. The van der Waals surface area contributed by atoms with Crippen molar-refractivity contribution >= 4 is 28.6 Å². The Morgan fingerprint density at radius 2 is 1.78 bits per heavy atom. The van der Waals surface area contributed by atoms with Crippen LogP contribution < -0.4 is 10.2 Å². The summed E-state index contributed by atoms with van der Waals surface area (Å²) < 4.78 is 0. The monoisotopic (exact) mass is 329 g/mol. The Morgan fingerprint density at radius 1 is 1.09 bits per heavy atom. The zero-order valence-electron chi connectivity index (χ0n) is 13.7. The maximum absolute atomic E-state index is 12.2. The van der Waals surface area contributed by atoms with Crippen molar-refractivity contribution in [3.63, 3.8) is 0 Å². The van der Waals surface area contributed by atoms with Crippen LogP contribution in [0.5, 0.6) is 0 Å². The molecule has 0 saturated carbocycles. The first-order chi connectivity index (χ1) is 11.2. The minimum atomic E-state index is -0.0348. The van der Waals surface area contributed by atoms with Gasteiger partial charge in [-0.1, -0.05) is 6.92 Å². The average Bonchev–Trinajstić information content (AvgIpc) is 3.02. The lowest BCUT2D eigenvalue weighted by atomic mass is 10.2. The van der Waals surface area contributed by atoms with Crippen molar-refractivity contribution in [2.45, 2.75) is 13.8 Å². The molecule has 0 radical (unpaired) electrons. The number of amides is 1. The Labute approximate surface area is 141 Å². The van der Waals surface area contributed by atoms with Crippen molar-refractivity contribution in [3.8, 4) is 0 Å². The van der Waals surface area contributed by atoms with E-state index < -0.39 is 0 Å². The number of anilines is 2. The van der Waals surface area contributed by atoms with Gasteiger partial charge in [-0.3, -0.25) is 4.79 Å². The number of aryl methyl sites for hydroxylation is 1. The Kier molecular flexibility index (Phi) is 4.98. The van der Waals surface area contributed by atoms with Gasteiger partial charge < -0.3 is 15.1 Å². The predicted molar refractivity (Wildman–Crippen MR) is 97.8 cm³/mol. The first kappa shape index (κ1) is 16.0. The lowest BCUT2D eigenvalue weighted by Crippen LogP contribution is -2.46. The van der Waals surface area contributed by atoms with Crippen molar-refractivity contribution in [1.82, 2.24) is 4.90 Å². The van der Waals surface area contributed by atoms with E-state index in [1.165, 1.54) is 17.0 Å². The Balaban J connectivity index is 1.60. The molecule has 1 aliphatic rings. The van der Waals surface area contributed by atoms with Crippen molar-refractivity contribution in [2.75, 3.05) is 42.9 Å². The van der Waals surface area contributed by atoms with E-state index in [0.717, 1.165) is 48.2 Å². The molecule has 1 fully saturated rings. The van der Waals surface area contributed by atoms with E-state index in [-0.39, 0.29) is 5.91 Å². The van der Waals surface area contributed by atoms with E-state index in [1.807, 2.05) is 31.2 Å². The van der Waals surface area contributed by atoms with Crippen molar-refractivity contribution in [3.05, 3.63) is 46.2 Å². The van der Waals surface area contributed by atoms with E-state index in [4.69, 9.17) is 0 Å². The third-order valence-electron chi connectivity index (χ3n) is 4.27. The highest BCUT2D eigenvalue weighted by Crippen LogP contribution is 2.21. The summed E-state index contributed by atoms with van der Waals surface area (Å²) in [6, 6.07) is 12.0. The molecule has 0 atom stereocenters. The van der Waals surface area contributed by atoms with Crippen LogP contribution in [0.2, 0.25) is 0 Å². The molecule has 3 rings (SSSR count). The summed E-state index contributed by atoms with van der Waals surface area (Å²) in [6.07, 6.45) is 0. The van der Waals surface area contributed by atoms with Gasteiger partial charge in [-0.15, -0.1) is 11.3 Å². The summed E-state index contributed by atoms with van der Waals surface area (Å²) in [7, 11) is 0. The van der Waals surface area contributed by atoms with Crippen LogP contribution in [0.4, 0.5) is 11.4 Å². The summed E-state index contributed by atoms with van der Waals surface area (Å²) in [4.78, 5) is 18.9. The Bertz CT molecular complexity index is 657. The normalized spacial score (nSPS) is 15.7. The third-order valence-corrected chi connectivity index (χ3v) is 5.27. The van der Waals surface area contributed by atoms with E-state index in [9.17, 15) is 4.79 Å². The molecule has 1 saturated heterocycles. The zero-order chi connectivity index (χ0) is 16.2. The second kappa shape index (κ2) is 7.15. The Morgan fingerprint density at radius 3 is 2.35 bits per heavy atom.